The van der Waals surface area contributed by atoms with Gasteiger partial charge < -0.3 is 10.1 Å². The zero-order valence-corrected chi connectivity index (χ0v) is 11.8. The maximum absolute atomic E-state index is 5.77. The summed E-state index contributed by atoms with van der Waals surface area (Å²) in [6.07, 6.45) is 2.84. The minimum Gasteiger partial charge on any atom is -0.377 e. The average molecular weight is 240 g/mol. The van der Waals surface area contributed by atoms with Crippen LogP contribution in [0.5, 0.6) is 0 Å². The van der Waals surface area contributed by atoms with Gasteiger partial charge in [0, 0.05) is 31.3 Å². The molecule has 0 aromatic heterocycles. The fourth-order valence-corrected chi connectivity index (χ4v) is 3.42. The van der Waals surface area contributed by atoms with Gasteiger partial charge in [-0.25, -0.2) is 0 Å². The summed E-state index contributed by atoms with van der Waals surface area (Å²) in [4.78, 5) is 2.67. The van der Waals surface area contributed by atoms with Crippen molar-refractivity contribution in [1.29, 1.82) is 0 Å². The van der Waals surface area contributed by atoms with Crippen molar-refractivity contribution in [2.75, 3.05) is 26.2 Å². The molecule has 0 radical (unpaired) electrons. The summed E-state index contributed by atoms with van der Waals surface area (Å²) >= 11 is 0. The molecule has 0 aromatic carbocycles. The molecule has 2 saturated heterocycles. The van der Waals surface area contributed by atoms with Crippen LogP contribution >= 0.6 is 0 Å². The van der Waals surface area contributed by atoms with E-state index >= 15 is 0 Å². The summed E-state index contributed by atoms with van der Waals surface area (Å²) in [5.41, 5.74) is 0.269. The Balaban J connectivity index is 1.97. The highest BCUT2D eigenvalue weighted by atomic mass is 16.5. The molecule has 3 heteroatoms. The van der Waals surface area contributed by atoms with E-state index in [1.165, 1.54) is 25.9 Å². The first kappa shape index (κ1) is 13.3. The molecule has 0 spiro atoms. The van der Waals surface area contributed by atoms with Crippen molar-refractivity contribution in [1.82, 2.24) is 10.2 Å². The van der Waals surface area contributed by atoms with Gasteiger partial charge in [0.1, 0.15) is 0 Å². The summed E-state index contributed by atoms with van der Waals surface area (Å²) < 4.78 is 5.77. The van der Waals surface area contributed by atoms with Crippen LogP contribution in [0.1, 0.15) is 40.5 Å². The Morgan fingerprint density at radius 1 is 1.41 bits per heavy atom. The standard InChI is InChI=1S/C14H28N2O/c1-5-15-13-6-8-16(10-11(13)2)14(4)7-9-17-12(14)3/h11-13,15H,5-10H2,1-4H3. The van der Waals surface area contributed by atoms with Gasteiger partial charge in [0.15, 0.2) is 0 Å². The van der Waals surface area contributed by atoms with E-state index in [1.54, 1.807) is 0 Å². The van der Waals surface area contributed by atoms with E-state index in [-0.39, 0.29) is 5.54 Å². The SMILES string of the molecule is CCNC1CCN(C2(C)CCOC2C)CC1C. The second-order valence-corrected chi connectivity index (χ2v) is 6.00. The van der Waals surface area contributed by atoms with Gasteiger partial charge in [-0.05, 0) is 39.2 Å². The summed E-state index contributed by atoms with van der Waals surface area (Å²) in [7, 11) is 0. The van der Waals surface area contributed by atoms with Crippen molar-refractivity contribution in [3.8, 4) is 0 Å². The molecule has 2 aliphatic rings. The summed E-state index contributed by atoms with van der Waals surface area (Å²) in [6, 6.07) is 0.706. The Morgan fingerprint density at radius 3 is 2.71 bits per heavy atom. The summed E-state index contributed by atoms with van der Waals surface area (Å²) in [6.45, 7) is 13.6. The Hall–Kier alpha value is -0.120. The van der Waals surface area contributed by atoms with Crippen molar-refractivity contribution in [2.24, 2.45) is 5.92 Å². The molecule has 100 valence electrons. The molecule has 2 heterocycles. The first-order valence-corrected chi connectivity index (χ1v) is 7.18. The molecule has 17 heavy (non-hydrogen) atoms. The van der Waals surface area contributed by atoms with Gasteiger partial charge >= 0.3 is 0 Å². The number of nitrogens with one attached hydrogen (secondary N) is 1. The zero-order chi connectivity index (χ0) is 12.5. The van der Waals surface area contributed by atoms with Crippen LogP contribution in [-0.4, -0.2) is 48.8 Å². The number of piperidine rings is 1. The van der Waals surface area contributed by atoms with Crippen molar-refractivity contribution in [3.63, 3.8) is 0 Å². The van der Waals surface area contributed by atoms with E-state index in [9.17, 15) is 0 Å². The topological polar surface area (TPSA) is 24.5 Å². The summed E-state index contributed by atoms with van der Waals surface area (Å²) in [5.74, 6) is 0.744. The number of ether oxygens (including phenoxy) is 1. The van der Waals surface area contributed by atoms with Crippen LogP contribution in [0.15, 0.2) is 0 Å². The maximum Gasteiger partial charge on any atom is 0.0728 e. The molecule has 3 nitrogen and oxygen atoms in total. The van der Waals surface area contributed by atoms with Crippen molar-refractivity contribution in [2.45, 2.75) is 58.2 Å². The third-order valence-electron chi connectivity index (χ3n) is 4.95. The van der Waals surface area contributed by atoms with Crippen LogP contribution in [0, 0.1) is 5.92 Å². The van der Waals surface area contributed by atoms with E-state index < -0.39 is 0 Å². The lowest BCUT2D eigenvalue weighted by Crippen LogP contribution is -2.58. The van der Waals surface area contributed by atoms with Crippen LogP contribution < -0.4 is 5.32 Å². The number of rotatable bonds is 3. The number of hydrogen-bond acceptors (Lipinski definition) is 3. The molecule has 0 aliphatic carbocycles. The zero-order valence-electron chi connectivity index (χ0n) is 11.8. The third-order valence-corrected chi connectivity index (χ3v) is 4.95. The van der Waals surface area contributed by atoms with Gasteiger partial charge in [0.05, 0.1) is 6.10 Å². The van der Waals surface area contributed by atoms with Crippen LogP contribution in [-0.2, 0) is 4.74 Å². The Kier molecular flexibility index (Phi) is 4.11. The molecular weight excluding hydrogens is 212 g/mol. The quantitative estimate of drug-likeness (QED) is 0.815. The third kappa shape index (κ3) is 2.51. The Labute approximate surface area is 106 Å². The molecule has 2 aliphatic heterocycles. The highest BCUT2D eigenvalue weighted by Gasteiger charge is 2.44. The van der Waals surface area contributed by atoms with Gasteiger partial charge in [-0.15, -0.1) is 0 Å². The molecule has 4 atom stereocenters. The number of likely N-dealkylation sites (tertiary alicyclic amines) is 1. The largest absolute Gasteiger partial charge is 0.377 e. The second-order valence-electron chi connectivity index (χ2n) is 6.00. The van der Waals surface area contributed by atoms with Gasteiger partial charge in [-0.3, -0.25) is 4.90 Å². The van der Waals surface area contributed by atoms with Gasteiger partial charge in [0.2, 0.25) is 0 Å². The van der Waals surface area contributed by atoms with Crippen molar-refractivity contribution < 1.29 is 4.74 Å². The van der Waals surface area contributed by atoms with Gasteiger partial charge in [0.25, 0.3) is 0 Å². The molecule has 0 amide bonds. The lowest BCUT2D eigenvalue weighted by Gasteiger charge is -2.47. The van der Waals surface area contributed by atoms with Crippen LogP contribution in [0.2, 0.25) is 0 Å². The van der Waals surface area contributed by atoms with E-state index in [2.05, 4.69) is 37.9 Å². The fourth-order valence-electron chi connectivity index (χ4n) is 3.42. The minimum atomic E-state index is 0.269. The van der Waals surface area contributed by atoms with Crippen LogP contribution in [0.4, 0.5) is 0 Å². The lowest BCUT2D eigenvalue weighted by molar-refractivity contribution is -0.00735. The molecule has 2 fully saturated rings. The molecule has 4 unspecified atom stereocenters. The lowest BCUT2D eigenvalue weighted by atomic mass is 9.86. The van der Waals surface area contributed by atoms with Crippen LogP contribution in [0.25, 0.3) is 0 Å². The fraction of sp³-hybridized carbons (Fsp3) is 1.00. The van der Waals surface area contributed by atoms with E-state index in [1.807, 2.05) is 0 Å². The van der Waals surface area contributed by atoms with Crippen molar-refractivity contribution in [3.05, 3.63) is 0 Å². The first-order valence-electron chi connectivity index (χ1n) is 7.18. The highest BCUT2D eigenvalue weighted by Crippen LogP contribution is 2.34. The highest BCUT2D eigenvalue weighted by molar-refractivity contribution is 4.99. The molecule has 1 N–H and O–H groups in total. The van der Waals surface area contributed by atoms with Gasteiger partial charge in [-0.1, -0.05) is 13.8 Å². The molecule has 0 saturated carbocycles. The number of nitrogens with zero attached hydrogens (tertiary/aromatic N) is 1. The summed E-state index contributed by atoms with van der Waals surface area (Å²) in [5, 5.41) is 3.61. The normalized spacial score (nSPS) is 44.1. The molecule has 0 bridgehead atoms. The second kappa shape index (κ2) is 5.25. The molecular formula is C14H28N2O. The Bertz CT molecular complexity index is 259. The monoisotopic (exact) mass is 240 g/mol. The maximum atomic E-state index is 5.77. The molecule has 0 aromatic rings. The first-order chi connectivity index (χ1) is 8.08. The predicted molar refractivity (Wildman–Crippen MR) is 71.3 cm³/mol. The average Bonchev–Trinajstić information content (AvgIpc) is 2.64. The predicted octanol–water partition coefficient (Wildman–Crippen LogP) is 1.87. The van der Waals surface area contributed by atoms with Crippen LogP contribution in [0.3, 0.4) is 0 Å². The van der Waals surface area contributed by atoms with E-state index in [0.29, 0.717) is 12.1 Å². The van der Waals surface area contributed by atoms with E-state index in [4.69, 9.17) is 4.74 Å². The smallest absolute Gasteiger partial charge is 0.0728 e. The Morgan fingerprint density at radius 2 is 2.18 bits per heavy atom. The molecule has 2 rings (SSSR count). The minimum absolute atomic E-state index is 0.269. The van der Waals surface area contributed by atoms with Gasteiger partial charge in [-0.2, -0.15) is 0 Å². The number of hydrogen-bond donors (Lipinski definition) is 1. The van der Waals surface area contributed by atoms with E-state index in [0.717, 1.165) is 19.1 Å². The van der Waals surface area contributed by atoms with Crippen molar-refractivity contribution >= 4 is 0 Å².